The third-order valence-corrected chi connectivity index (χ3v) is 6.14. The average Bonchev–Trinajstić information content (AvgIpc) is 2.90. The van der Waals surface area contributed by atoms with Gasteiger partial charge in [-0.2, -0.15) is 0 Å². The summed E-state index contributed by atoms with van der Waals surface area (Å²) in [4.78, 5) is 39.2. The molecule has 1 aliphatic rings. The number of hydrogen-bond donors (Lipinski definition) is 1. The maximum absolute atomic E-state index is 12.8. The fourth-order valence-corrected chi connectivity index (χ4v) is 4.14. The number of ketones is 1. The van der Waals surface area contributed by atoms with Crippen molar-refractivity contribution < 1.29 is 33.3 Å². The van der Waals surface area contributed by atoms with Crippen LogP contribution in [0, 0.1) is 0 Å². The van der Waals surface area contributed by atoms with Crippen LogP contribution in [0.5, 0.6) is 11.5 Å². The highest BCUT2D eigenvalue weighted by molar-refractivity contribution is 6.11. The van der Waals surface area contributed by atoms with E-state index < -0.39 is 12.1 Å². The highest BCUT2D eigenvalue weighted by Gasteiger charge is 2.23. The van der Waals surface area contributed by atoms with Gasteiger partial charge >= 0.3 is 5.97 Å². The van der Waals surface area contributed by atoms with Crippen molar-refractivity contribution in [1.29, 1.82) is 0 Å². The minimum atomic E-state index is -1.02. The summed E-state index contributed by atoms with van der Waals surface area (Å²) in [5, 5.41) is 10.8. The van der Waals surface area contributed by atoms with E-state index in [0.29, 0.717) is 57.8 Å². The zero-order valence-electron chi connectivity index (χ0n) is 21.9. The standard InChI is InChI=1S/C29H31NO8/c1-5-21-14-25(33)28-26(11-19(30(3)4)12-27(28)38-21)37-16-20(31)15-36-22-8-7-17-9-18(29(34)35-6-2)10-24(32)23(17)13-22/h7-8,10-14,20,31H,5-6,9,15-16H2,1-4H3. The Kier molecular flexibility index (Phi) is 8.16. The Balaban J connectivity index is 1.43. The number of benzene rings is 2. The second-order valence-corrected chi connectivity index (χ2v) is 9.17. The van der Waals surface area contributed by atoms with Gasteiger partial charge in [0.05, 0.1) is 6.61 Å². The van der Waals surface area contributed by atoms with Crippen molar-refractivity contribution >= 4 is 28.4 Å². The van der Waals surface area contributed by atoms with Gasteiger partial charge in [0.15, 0.2) is 11.2 Å². The summed E-state index contributed by atoms with van der Waals surface area (Å²) >= 11 is 0. The van der Waals surface area contributed by atoms with E-state index in [9.17, 15) is 19.5 Å². The third kappa shape index (κ3) is 5.89. The molecule has 38 heavy (non-hydrogen) atoms. The first-order valence-corrected chi connectivity index (χ1v) is 12.5. The molecular weight excluding hydrogens is 490 g/mol. The fraction of sp³-hybridized carbons (Fsp3) is 0.345. The molecular formula is C29H31NO8. The largest absolute Gasteiger partial charge is 0.491 e. The molecule has 0 bridgehead atoms. The lowest BCUT2D eigenvalue weighted by Crippen LogP contribution is -2.25. The van der Waals surface area contributed by atoms with E-state index in [1.807, 2.05) is 25.9 Å². The van der Waals surface area contributed by atoms with Gasteiger partial charge in [-0.25, -0.2) is 4.79 Å². The van der Waals surface area contributed by atoms with Crippen molar-refractivity contribution in [1.82, 2.24) is 0 Å². The number of aliphatic hydroxyl groups is 1. The van der Waals surface area contributed by atoms with Crippen LogP contribution >= 0.6 is 0 Å². The van der Waals surface area contributed by atoms with Crippen LogP contribution in [0.3, 0.4) is 0 Å². The Morgan fingerprint density at radius 1 is 1.08 bits per heavy atom. The van der Waals surface area contributed by atoms with Gasteiger partial charge in [-0.1, -0.05) is 13.0 Å². The van der Waals surface area contributed by atoms with E-state index in [1.54, 1.807) is 37.3 Å². The smallest absolute Gasteiger partial charge is 0.334 e. The van der Waals surface area contributed by atoms with E-state index in [2.05, 4.69) is 0 Å². The van der Waals surface area contributed by atoms with Crippen molar-refractivity contribution in [3.8, 4) is 11.5 Å². The molecule has 9 nitrogen and oxygen atoms in total. The minimum absolute atomic E-state index is 0.100. The normalized spacial score (nSPS) is 13.5. The van der Waals surface area contributed by atoms with Gasteiger partial charge in [-0.3, -0.25) is 9.59 Å². The minimum Gasteiger partial charge on any atom is -0.491 e. The molecule has 9 heteroatoms. The SMILES string of the molecule is CCOC(=O)C1=CC(=O)c2cc(OCC(O)COc3cc(N(C)C)cc4oc(CC)cc(=O)c34)ccc2C1. The first-order valence-electron chi connectivity index (χ1n) is 12.5. The number of aliphatic hydroxyl groups excluding tert-OH is 1. The van der Waals surface area contributed by atoms with E-state index in [-0.39, 0.29) is 31.0 Å². The zero-order chi connectivity index (χ0) is 27.4. The monoisotopic (exact) mass is 521 g/mol. The molecule has 0 aliphatic heterocycles. The number of esters is 1. The van der Waals surface area contributed by atoms with Crippen LogP contribution in [-0.2, 0) is 22.4 Å². The van der Waals surface area contributed by atoms with Crippen LogP contribution in [0.4, 0.5) is 5.69 Å². The Morgan fingerprint density at radius 2 is 1.84 bits per heavy atom. The molecule has 0 radical (unpaired) electrons. The molecule has 4 rings (SSSR count). The molecule has 200 valence electrons. The number of hydrogen-bond acceptors (Lipinski definition) is 9. The van der Waals surface area contributed by atoms with Gasteiger partial charge < -0.3 is 28.6 Å². The van der Waals surface area contributed by atoms with Crippen molar-refractivity contribution in [3.63, 3.8) is 0 Å². The molecule has 2 aromatic carbocycles. The molecule has 0 saturated heterocycles. The average molecular weight is 522 g/mol. The van der Waals surface area contributed by atoms with Gasteiger partial charge in [0.2, 0.25) is 0 Å². The Hall–Kier alpha value is -4.11. The van der Waals surface area contributed by atoms with Crippen LogP contribution in [-0.4, -0.2) is 56.9 Å². The lowest BCUT2D eigenvalue weighted by atomic mass is 9.90. The number of rotatable bonds is 10. The number of aryl methyl sites for hydroxylation is 1. The summed E-state index contributed by atoms with van der Waals surface area (Å²) in [6.45, 7) is 3.62. The number of allylic oxidation sites excluding steroid dienone is 1. The Labute approximate surface area is 220 Å². The number of ether oxygens (including phenoxy) is 3. The molecule has 1 heterocycles. The fourth-order valence-electron chi connectivity index (χ4n) is 4.14. The predicted molar refractivity (Wildman–Crippen MR) is 142 cm³/mol. The second kappa shape index (κ2) is 11.5. The summed E-state index contributed by atoms with van der Waals surface area (Å²) < 4.78 is 22.4. The maximum atomic E-state index is 12.8. The molecule has 0 amide bonds. The van der Waals surface area contributed by atoms with E-state index in [4.69, 9.17) is 18.6 Å². The molecule has 0 saturated carbocycles. The quantitative estimate of drug-likeness (QED) is 0.401. The summed E-state index contributed by atoms with van der Waals surface area (Å²) in [6.07, 6.45) is 1.15. The first kappa shape index (κ1) is 26.9. The summed E-state index contributed by atoms with van der Waals surface area (Å²) in [5.74, 6) is 0.486. The number of carbonyl (C=O) groups excluding carboxylic acids is 2. The summed E-state index contributed by atoms with van der Waals surface area (Å²) in [7, 11) is 3.73. The van der Waals surface area contributed by atoms with Crippen LogP contribution < -0.4 is 19.8 Å². The summed E-state index contributed by atoms with van der Waals surface area (Å²) in [5.41, 5.74) is 2.44. The van der Waals surface area contributed by atoms with Crippen LogP contribution in [0.25, 0.3) is 11.0 Å². The van der Waals surface area contributed by atoms with Crippen molar-refractivity contribution in [2.45, 2.75) is 32.8 Å². The van der Waals surface area contributed by atoms with Gasteiger partial charge in [-0.15, -0.1) is 0 Å². The number of fused-ring (bicyclic) bond motifs is 2. The lowest BCUT2D eigenvalue weighted by molar-refractivity contribution is -0.138. The van der Waals surface area contributed by atoms with Crippen LogP contribution in [0.2, 0.25) is 0 Å². The number of carbonyl (C=O) groups is 2. The zero-order valence-corrected chi connectivity index (χ0v) is 21.9. The number of nitrogens with zero attached hydrogens (tertiary/aromatic N) is 1. The van der Waals surface area contributed by atoms with Crippen LogP contribution in [0.15, 0.2) is 57.3 Å². The lowest BCUT2D eigenvalue weighted by Gasteiger charge is -2.19. The highest BCUT2D eigenvalue weighted by Crippen LogP contribution is 2.30. The molecule has 3 aromatic rings. The van der Waals surface area contributed by atoms with Crippen LogP contribution in [0.1, 0.15) is 35.5 Å². The van der Waals surface area contributed by atoms with Crippen molar-refractivity contribution in [2.75, 3.05) is 38.8 Å². The van der Waals surface area contributed by atoms with Gasteiger partial charge in [-0.05, 0) is 30.7 Å². The van der Waals surface area contributed by atoms with E-state index >= 15 is 0 Å². The highest BCUT2D eigenvalue weighted by atomic mass is 16.5. The van der Waals surface area contributed by atoms with E-state index in [1.165, 1.54) is 12.1 Å². The van der Waals surface area contributed by atoms with Gasteiger partial charge in [0.1, 0.15) is 47.5 Å². The van der Waals surface area contributed by atoms with Crippen molar-refractivity contribution in [2.24, 2.45) is 0 Å². The Morgan fingerprint density at radius 3 is 2.55 bits per heavy atom. The topological polar surface area (TPSA) is 116 Å². The maximum Gasteiger partial charge on any atom is 0.334 e. The summed E-state index contributed by atoms with van der Waals surface area (Å²) in [6, 6.07) is 9.95. The van der Waals surface area contributed by atoms with Crippen molar-refractivity contribution in [3.05, 3.63) is 75.2 Å². The molecule has 0 fully saturated rings. The molecule has 1 aromatic heterocycles. The second-order valence-electron chi connectivity index (χ2n) is 9.17. The Bertz CT molecular complexity index is 1450. The molecule has 1 atom stereocenters. The molecule has 0 spiro atoms. The first-order chi connectivity index (χ1) is 18.2. The van der Waals surface area contributed by atoms with E-state index in [0.717, 1.165) is 5.69 Å². The number of anilines is 1. The predicted octanol–water partition coefficient (Wildman–Crippen LogP) is 3.47. The van der Waals surface area contributed by atoms with Gasteiger partial charge in [0, 0.05) is 62.0 Å². The molecule has 1 unspecified atom stereocenters. The van der Waals surface area contributed by atoms with Gasteiger partial charge in [0.25, 0.3) is 0 Å². The molecule has 1 N–H and O–H groups in total. The molecule has 1 aliphatic carbocycles. The third-order valence-electron chi connectivity index (χ3n) is 6.14.